The standard InChI is InChI=1S/C30H30N6O5/c1-37-19-3-7-23-27(15-19)35-29(33-23)25-9-5-21(17-31-25)40-13-11-39-12-14-41-22-6-10-26(32-18-22)30-34-24-8-4-20(38-2)16-28(24)36-30/h3,5-7,9-10,15-18H,4,8,11-14H2,1-2H3,(H,33,35)(H,34,36). The molecule has 2 N–H and O–H groups in total. The Labute approximate surface area is 236 Å². The van der Waals surface area contributed by atoms with Crippen LogP contribution < -0.4 is 14.2 Å². The summed E-state index contributed by atoms with van der Waals surface area (Å²) in [5.41, 5.74) is 5.23. The van der Waals surface area contributed by atoms with Gasteiger partial charge in [0.05, 0.1) is 62.3 Å². The van der Waals surface area contributed by atoms with Gasteiger partial charge in [-0.25, -0.2) is 19.9 Å². The molecule has 11 nitrogen and oxygen atoms in total. The number of aromatic amines is 2. The highest BCUT2D eigenvalue weighted by Crippen LogP contribution is 2.26. The number of aryl methyl sites for hydroxylation is 1. The molecule has 0 aliphatic heterocycles. The van der Waals surface area contributed by atoms with Crippen LogP contribution in [0, 0.1) is 0 Å². The first-order valence-corrected chi connectivity index (χ1v) is 13.3. The summed E-state index contributed by atoms with van der Waals surface area (Å²) in [6.45, 7) is 1.66. The molecular formula is C30H30N6O5. The number of ether oxygens (including phenoxy) is 5. The Morgan fingerprint density at radius 2 is 1.39 bits per heavy atom. The van der Waals surface area contributed by atoms with E-state index in [2.05, 4.69) is 29.9 Å². The molecule has 0 saturated carbocycles. The number of allylic oxidation sites excluding steroid dienone is 1. The summed E-state index contributed by atoms with van der Waals surface area (Å²) in [4.78, 5) is 24.8. The van der Waals surface area contributed by atoms with E-state index in [0.29, 0.717) is 43.8 Å². The number of benzene rings is 1. The molecule has 0 fully saturated rings. The van der Waals surface area contributed by atoms with Gasteiger partial charge >= 0.3 is 0 Å². The molecule has 4 heterocycles. The summed E-state index contributed by atoms with van der Waals surface area (Å²) >= 11 is 0. The van der Waals surface area contributed by atoms with Crippen molar-refractivity contribution in [1.29, 1.82) is 0 Å². The Balaban J connectivity index is 0.905. The first-order chi connectivity index (χ1) is 20.2. The van der Waals surface area contributed by atoms with Crippen LogP contribution in [0.25, 0.3) is 40.1 Å². The number of methoxy groups -OCH3 is 2. The largest absolute Gasteiger partial charge is 0.501 e. The minimum absolute atomic E-state index is 0.399. The quantitative estimate of drug-likeness (QED) is 0.208. The third-order valence-corrected chi connectivity index (χ3v) is 6.63. The molecule has 1 aromatic carbocycles. The van der Waals surface area contributed by atoms with Crippen LogP contribution in [0.3, 0.4) is 0 Å². The summed E-state index contributed by atoms with van der Waals surface area (Å²) in [5, 5.41) is 0. The zero-order valence-corrected chi connectivity index (χ0v) is 22.8. The highest BCUT2D eigenvalue weighted by molar-refractivity contribution is 5.80. The zero-order chi connectivity index (χ0) is 28.0. The van der Waals surface area contributed by atoms with Crippen LogP contribution >= 0.6 is 0 Å². The first-order valence-electron chi connectivity index (χ1n) is 13.3. The van der Waals surface area contributed by atoms with Gasteiger partial charge in [0, 0.05) is 24.3 Å². The topological polar surface area (TPSA) is 129 Å². The SMILES string of the molecule is COC1=Cc2nc(-c3ccc(OCCOCCOc4ccc(-c5nc6ccc(OC)cc6[nH]5)nc4)cn3)[nH]c2CC1. The number of imidazole rings is 2. The summed E-state index contributed by atoms with van der Waals surface area (Å²) in [6.07, 6.45) is 7.07. The van der Waals surface area contributed by atoms with E-state index < -0.39 is 0 Å². The van der Waals surface area contributed by atoms with E-state index in [1.807, 2.05) is 48.5 Å². The molecule has 1 aliphatic rings. The number of aromatic nitrogens is 6. The van der Waals surface area contributed by atoms with Crippen LogP contribution in [0.5, 0.6) is 17.2 Å². The van der Waals surface area contributed by atoms with Crippen molar-refractivity contribution in [2.45, 2.75) is 12.8 Å². The minimum Gasteiger partial charge on any atom is -0.501 e. The third kappa shape index (κ3) is 6.15. The van der Waals surface area contributed by atoms with Crippen LogP contribution in [-0.2, 0) is 15.9 Å². The molecule has 210 valence electrons. The summed E-state index contributed by atoms with van der Waals surface area (Å²) in [6, 6.07) is 13.2. The molecule has 0 atom stereocenters. The molecule has 0 amide bonds. The number of pyridine rings is 2. The first kappa shape index (κ1) is 26.3. The Morgan fingerprint density at radius 1 is 0.707 bits per heavy atom. The molecule has 0 saturated heterocycles. The molecule has 11 heteroatoms. The maximum absolute atomic E-state index is 5.75. The van der Waals surface area contributed by atoms with Crippen molar-refractivity contribution in [2.75, 3.05) is 40.6 Å². The number of rotatable bonds is 12. The summed E-state index contributed by atoms with van der Waals surface area (Å²) in [7, 11) is 3.32. The molecule has 4 aromatic heterocycles. The third-order valence-electron chi connectivity index (χ3n) is 6.63. The number of hydrogen-bond acceptors (Lipinski definition) is 9. The van der Waals surface area contributed by atoms with Gasteiger partial charge in [0.2, 0.25) is 0 Å². The smallest absolute Gasteiger partial charge is 0.157 e. The second-order valence-electron chi connectivity index (χ2n) is 9.30. The van der Waals surface area contributed by atoms with Gasteiger partial charge in [0.25, 0.3) is 0 Å². The van der Waals surface area contributed by atoms with E-state index in [0.717, 1.165) is 64.0 Å². The molecule has 5 aromatic rings. The summed E-state index contributed by atoms with van der Waals surface area (Å²) < 4.78 is 27.7. The van der Waals surface area contributed by atoms with Gasteiger partial charge in [-0.15, -0.1) is 0 Å². The van der Waals surface area contributed by atoms with E-state index in [-0.39, 0.29) is 0 Å². The van der Waals surface area contributed by atoms with Crippen molar-refractivity contribution >= 4 is 17.1 Å². The normalized spacial score (nSPS) is 12.6. The average molecular weight is 555 g/mol. The van der Waals surface area contributed by atoms with Crippen LogP contribution in [0.2, 0.25) is 0 Å². The number of nitrogens with zero attached hydrogens (tertiary/aromatic N) is 4. The van der Waals surface area contributed by atoms with Gasteiger partial charge in [0.1, 0.15) is 41.9 Å². The van der Waals surface area contributed by atoms with Crippen LogP contribution in [-0.4, -0.2) is 70.6 Å². The maximum Gasteiger partial charge on any atom is 0.157 e. The van der Waals surface area contributed by atoms with Gasteiger partial charge in [0.15, 0.2) is 11.6 Å². The maximum atomic E-state index is 5.75. The average Bonchev–Trinajstić information content (AvgIpc) is 3.65. The lowest BCUT2D eigenvalue weighted by Crippen LogP contribution is -2.12. The monoisotopic (exact) mass is 554 g/mol. The zero-order valence-electron chi connectivity index (χ0n) is 22.8. The van der Waals surface area contributed by atoms with Gasteiger partial charge < -0.3 is 33.7 Å². The highest BCUT2D eigenvalue weighted by Gasteiger charge is 2.17. The number of fused-ring (bicyclic) bond motifs is 2. The second kappa shape index (κ2) is 12.1. The summed E-state index contributed by atoms with van der Waals surface area (Å²) in [5.74, 6) is 4.46. The predicted molar refractivity (Wildman–Crippen MR) is 153 cm³/mol. The molecule has 41 heavy (non-hydrogen) atoms. The van der Waals surface area contributed by atoms with E-state index in [1.54, 1.807) is 26.6 Å². The number of hydrogen-bond donors (Lipinski definition) is 2. The lowest BCUT2D eigenvalue weighted by atomic mass is 10.1. The highest BCUT2D eigenvalue weighted by atomic mass is 16.5. The van der Waals surface area contributed by atoms with E-state index in [9.17, 15) is 0 Å². The van der Waals surface area contributed by atoms with Gasteiger partial charge in [-0.05, 0) is 42.8 Å². The van der Waals surface area contributed by atoms with Gasteiger partial charge in [-0.1, -0.05) is 0 Å². The second-order valence-corrected chi connectivity index (χ2v) is 9.30. The fourth-order valence-corrected chi connectivity index (χ4v) is 4.48. The molecule has 0 radical (unpaired) electrons. The molecule has 1 aliphatic carbocycles. The van der Waals surface area contributed by atoms with Gasteiger partial charge in [-0.2, -0.15) is 0 Å². The minimum atomic E-state index is 0.399. The lowest BCUT2D eigenvalue weighted by Gasteiger charge is -2.10. The molecule has 0 spiro atoms. The van der Waals surface area contributed by atoms with Crippen LogP contribution in [0.1, 0.15) is 17.8 Å². The van der Waals surface area contributed by atoms with Crippen molar-refractivity contribution in [3.63, 3.8) is 0 Å². The Bertz CT molecular complexity index is 1640. The van der Waals surface area contributed by atoms with E-state index in [1.165, 1.54) is 0 Å². The molecular weight excluding hydrogens is 524 g/mol. The molecule has 0 unspecified atom stereocenters. The van der Waals surface area contributed by atoms with Crippen molar-refractivity contribution in [3.8, 4) is 40.3 Å². The van der Waals surface area contributed by atoms with Gasteiger partial charge in [-0.3, -0.25) is 0 Å². The Hall–Kier alpha value is -4.90. The van der Waals surface area contributed by atoms with Crippen LogP contribution in [0.4, 0.5) is 0 Å². The fraction of sp³-hybridized carbons (Fsp3) is 0.267. The molecule has 6 rings (SSSR count). The predicted octanol–water partition coefficient (Wildman–Crippen LogP) is 4.83. The lowest BCUT2D eigenvalue weighted by molar-refractivity contribution is 0.0762. The van der Waals surface area contributed by atoms with Crippen molar-refractivity contribution < 1.29 is 23.7 Å². The number of H-pyrrole nitrogens is 2. The Morgan fingerprint density at radius 3 is 2.02 bits per heavy atom. The molecule has 0 bridgehead atoms. The van der Waals surface area contributed by atoms with Crippen molar-refractivity contribution in [3.05, 3.63) is 72.0 Å². The van der Waals surface area contributed by atoms with E-state index >= 15 is 0 Å². The fourth-order valence-electron chi connectivity index (χ4n) is 4.48. The Kier molecular flexibility index (Phi) is 7.76. The van der Waals surface area contributed by atoms with Crippen molar-refractivity contribution in [1.82, 2.24) is 29.9 Å². The van der Waals surface area contributed by atoms with Crippen LogP contribution in [0.15, 0.2) is 60.6 Å². The van der Waals surface area contributed by atoms with Crippen molar-refractivity contribution in [2.24, 2.45) is 0 Å². The number of nitrogens with one attached hydrogen (secondary N) is 2. The van der Waals surface area contributed by atoms with E-state index in [4.69, 9.17) is 23.7 Å².